The third kappa shape index (κ3) is 3.15. The van der Waals surface area contributed by atoms with Gasteiger partial charge in [0.1, 0.15) is 0 Å². The van der Waals surface area contributed by atoms with Gasteiger partial charge in [-0.3, -0.25) is 0 Å². The molecule has 0 aliphatic carbocycles. The van der Waals surface area contributed by atoms with Gasteiger partial charge in [-0.25, -0.2) is 0 Å². The molecular weight excluding hydrogens is 238 g/mol. The minimum Gasteiger partial charge on any atom is -0.192 e. The van der Waals surface area contributed by atoms with Crippen molar-refractivity contribution in [2.75, 3.05) is 0 Å². The smallest absolute Gasteiger partial charge is 0.0991 e. The third-order valence-corrected chi connectivity index (χ3v) is 4.00. The van der Waals surface area contributed by atoms with E-state index in [4.69, 9.17) is 5.26 Å². The number of hydrogen-bond donors (Lipinski definition) is 0. The van der Waals surface area contributed by atoms with Gasteiger partial charge in [0.05, 0.1) is 11.6 Å². The lowest BCUT2D eigenvalue weighted by molar-refractivity contribution is 1.27. The van der Waals surface area contributed by atoms with Crippen molar-refractivity contribution in [3.8, 4) is 6.07 Å². The summed E-state index contributed by atoms with van der Waals surface area (Å²) in [6.45, 7) is 4.26. The van der Waals surface area contributed by atoms with Gasteiger partial charge >= 0.3 is 0 Å². The summed E-state index contributed by atoms with van der Waals surface area (Å²) in [7, 11) is 0. The number of hydrogen-bond acceptors (Lipinski definition) is 2. The fourth-order valence-electron chi connectivity index (χ4n) is 1.70. The SMILES string of the molecule is Cc1ccc(SCc2cccc(C#N)c2)cc1C. The Morgan fingerprint density at radius 1 is 1.06 bits per heavy atom. The summed E-state index contributed by atoms with van der Waals surface area (Å²) >= 11 is 1.81. The molecule has 0 aromatic heterocycles. The van der Waals surface area contributed by atoms with Gasteiger partial charge in [0, 0.05) is 10.6 Å². The third-order valence-electron chi connectivity index (χ3n) is 2.94. The molecular formula is C16H15NS. The van der Waals surface area contributed by atoms with Crippen LogP contribution in [0.15, 0.2) is 47.4 Å². The van der Waals surface area contributed by atoms with Crippen LogP contribution in [0.25, 0.3) is 0 Å². The number of aryl methyl sites for hydroxylation is 2. The minimum absolute atomic E-state index is 0.730. The van der Waals surface area contributed by atoms with E-state index in [-0.39, 0.29) is 0 Å². The second kappa shape index (κ2) is 5.75. The first-order valence-electron chi connectivity index (χ1n) is 5.88. The molecule has 0 radical (unpaired) electrons. The Bertz CT molecular complexity index is 596. The lowest BCUT2D eigenvalue weighted by Gasteiger charge is -2.05. The van der Waals surface area contributed by atoms with Crippen molar-refractivity contribution in [3.05, 3.63) is 64.7 Å². The molecule has 0 spiro atoms. The van der Waals surface area contributed by atoms with Gasteiger partial charge in [0.2, 0.25) is 0 Å². The molecule has 0 amide bonds. The van der Waals surface area contributed by atoms with Crippen LogP contribution in [0.4, 0.5) is 0 Å². The minimum atomic E-state index is 0.730. The summed E-state index contributed by atoms with van der Waals surface area (Å²) in [5, 5.41) is 8.86. The highest BCUT2D eigenvalue weighted by Crippen LogP contribution is 2.25. The first kappa shape index (κ1) is 12.7. The Kier molecular flexibility index (Phi) is 4.07. The summed E-state index contributed by atoms with van der Waals surface area (Å²) in [5.41, 5.74) is 4.57. The zero-order valence-corrected chi connectivity index (χ0v) is 11.4. The molecule has 0 fully saturated rings. The highest BCUT2D eigenvalue weighted by Gasteiger charge is 2.00. The van der Waals surface area contributed by atoms with Crippen LogP contribution in [-0.4, -0.2) is 0 Å². The topological polar surface area (TPSA) is 23.8 Å². The van der Waals surface area contributed by atoms with Crippen LogP contribution in [-0.2, 0) is 5.75 Å². The number of nitrogens with zero attached hydrogens (tertiary/aromatic N) is 1. The maximum atomic E-state index is 8.86. The molecule has 0 bridgehead atoms. The Morgan fingerprint density at radius 2 is 1.89 bits per heavy atom. The van der Waals surface area contributed by atoms with Crippen LogP contribution in [0.3, 0.4) is 0 Å². The van der Waals surface area contributed by atoms with E-state index in [0.29, 0.717) is 0 Å². The Morgan fingerprint density at radius 3 is 2.61 bits per heavy atom. The molecule has 0 N–H and O–H groups in total. The van der Waals surface area contributed by atoms with Gasteiger partial charge in [0.25, 0.3) is 0 Å². The van der Waals surface area contributed by atoms with Crippen molar-refractivity contribution in [1.29, 1.82) is 5.26 Å². The van der Waals surface area contributed by atoms with Crippen molar-refractivity contribution in [3.63, 3.8) is 0 Å². The molecule has 18 heavy (non-hydrogen) atoms. The Hall–Kier alpha value is -1.72. The molecule has 2 heteroatoms. The largest absolute Gasteiger partial charge is 0.192 e. The molecule has 2 aromatic carbocycles. The monoisotopic (exact) mass is 253 g/mol. The van der Waals surface area contributed by atoms with E-state index in [0.717, 1.165) is 11.3 Å². The van der Waals surface area contributed by atoms with E-state index >= 15 is 0 Å². The van der Waals surface area contributed by atoms with E-state index in [1.165, 1.54) is 21.6 Å². The lowest BCUT2D eigenvalue weighted by atomic mass is 10.1. The number of nitriles is 1. The maximum Gasteiger partial charge on any atom is 0.0991 e. The number of thioether (sulfide) groups is 1. The first-order valence-corrected chi connectivity index (χ1v) is 6.86. The van der Waals surface area contributed by atoms with Crippen molar-refractivity contribution >= 4 is 11.8 Å². The second-order valence-corrected chi connectivity index (χ2v) is 5.40. The second-order valence-electron chi connectivity index (χ2n) is 4.35. The van der Waals surface area contributed by atoms with Crippen LogP contribution in [0.1, 0.15) is 22.3 Å². The van der Waals surface area contributed by atoms with Crippen LogP contribution in [0.2, 0.25) is 0 Å². The quantitative estimate of drug-likeness (QED) is 0.754. The summed E-state index contributed by atoms with van der Waals surface area (Å²) in [5.74, 6) is 0.901. The van der Waals surface area contributed by atoms with Gasteiger partial charge in [-0.05, 0) is 54.8 Å². The summed E-state index contributed by atoms with van der Waals surface area (Å²) < 4.78 is 0. The normalized spacial score (nSPS) is 10.1. The fourth-order valence-corrected chi connectivity index (χ4v) is 2.64. The van der Waals surface area contributed by atoms with Crippen molar-refractivity contribution < 1.29 is 0 Å². The fraction of sp³-hybridized carbons (Fsp3) is 0.188. The molecule has 2 aromatic rings. The van der Waals surface area contributed by atoms with E-state index in [2.05, 4.69) is 44.2 Å². The molecule has 0 aliphatic rings. The molecule has 0 saturated carbocycles. The van der Waals surface area contributed by atoms with E-state index in [1.54, 1.807) is 11.8 Å². The summed E-state index contributed by atoms with van der Waals surface area (Å²) in [6, 6.07) is 16.5. The molecule has 0 saturated heterocycles. The highest BCUT2D eigenvalue weighted by atomic mass is 32.2. The van der Waals surface area contributed by atoms with Crippen LogP contribution < -0.4 is 0 Å². The standard InChI is InChI=1S/C16H15NS/c1-12-6-7-16(8-13(12)2)18-11-15-5-3-4-14(9-15)10-17/h3-9H,11H2,1-2H3. The predicted octanol–water partition coefficient (Wildman–Crippen LogP) is 4.47. The van der Waals surface area contributed by atoms with Gasteiger partial charge < -0.3 is 0 Å². The van der Waals surface area contributed by atoms with Crippen molar-refractivity contribution in [1.82, 2.24) is 0 Å². The molecule has 0 aliphatic heterocycles. The predicted molar refractivity (Wildman–Crippen MR) is 76.6 cm³/mol. The number of rotatable bonds is 3. The summed E-state index contributed by atoms with van der Waals surface area (Å²) in [4.78, 5) is 1.28. The zero-order chi connectivity index (χ0) is 13.0. The van der Waals surface area contributed by atoms with Gasteiger partial charge in [-0.15, -0.1) is 11.8 Å². The maximum absolute atomic E-state index is 8.86. The van der Waals surface area contributed by atoms with Crippen LogP contribution in [0, 0.1) is 25.2 Å². The molecule has 2 rings (SSSR count). The van der Waals surface area contributed by atoms with Crippen LogP contribution >= 0.6 is 11.8 Å². The van der Waals surface area contributed by atoms with Crippen LogP contribution in [0.5, 0.6) is 0 Å². The first-order chi connectivity index (χ1) is 8.69. The Balaban J connectivity index is 2.07. The molecule has 0 unspecified atom stereocenters. The van der Waals surface area contributed by atoms with E-state index < -0.39 is 0 Å². The average Bonchev–Trinajstić information content (AvgIpc) is 2.40. The van der Waals surface area contributed by atoms with Gasteiger partial charge in [-0.1, -0.05) is 18.2 Å². The molecule has 0 atom stereocenters. The highest BCUT2D eigenvalue weighted by molar-refractivity contribution is 7.98. The van der Waals surface area contributed by atoms with Gasteiger partial charge in [0.15, 0.2) is 0 Å². The molecule has 90 valence electrons. The number of benzene rings is 2. The molecule has 0 heterocycles. The average molecular weight is 253 g/mol. The zero-order valence-electron chi connectivity index (χ0n) is 10.6. The van der Waals surface area contributed by atoms with Crippen molar-refractivity contribution in [2.24, 2.45) is 0 Å². The lowest BCUT2D eigenvalue weighted by Crippen LogP contribution is -1.84. The van der Waals surface area contributed by atoms with Gasteiger partial charge in [-0.2, -0.15) is 5.26 Å². The van der Waals surface area contributed by atoms with E-state index in [9.17, 15) is 0 Å². The summed E-state index contributed by atoms with van der Waals surface area (Å²) in [6.07, 6.45) is 0. The van der Waals surface area contributed by atoms with E-state index in [1.807, 2.05) is 18.2 Å². The van der Waals surface area contributed by atoms with Crippen molar-refractivity contribution in [2.45, 2.75) is 24.5 Å². The molecule has 1 nitrogen and oxygen atoms in total. The Labute approximate surface area is 112 Å².